The van der Waals surface area contributed by atoms with Crippen molar-refractivity contribution in [3.63, 3.8) is 0 Å². The highest BCUT2D eigenvalue weighted by molar-refractivity contribution is 6.31. The molecule has 1 heterocycles. The lowest BCUT2D eigenvalue weighted by molar-refractivity contribution is 0.0680. The zero-order chi connectivity index (χ0) is 13.1. The summed E-state index contributed by atoms with van der Waals surface area (Å²) in [5, 5.41) is -0.0215. The second kappa shape index (κ2) is 5.89. The Balaban J connectivity index is 2.18. The molecule has 0 radical (unpaired) electrons. The lowest BCUT2D eigenvalue weighted by Gasteiger charge is -2.32. The van der Waals surface area contributed by atoms with Crippen molar-refractivity contribution in [3.8, 4) is 0 Å². The van der Waals surface area contributed by atoms with Gasteiger partial charge in [0.1, 0.15) is 0 Å². The van der Waals surface area contributed by atoms with Gasteiger partial charge in [-0.05, 0) is 30.9 Å². The lowest BCUT2D eigenvalue weighted by atomic mass is 9.99. The van der Waals surface area contributed by atoms with Gasteiger partial charge in [-0.1, -0.05) is 17.7 Å². The van der Waals surface area contributed by atoms with E-state index in [1.807, 2.05) is 0 Å². The van der Waals surface area contributed by atoms with Crippen molar-refractivity contribution < 1.29 is 9.18 Å². The van der Waals surface area contributed by atoms with Gasteiger partial charge in [-0.15, -0.1) is 11.6 Å². The van der Waals surface area contributed by atoms with Gasteiger partial charge in [-0.2, -0.15) is 0 Å². The van der Waals surface area contributed by atoms with Crippen LogP contribution in [-0.2, 0) is 0 Å². The van der Waals surface area contributed by atoms with E-state index in [4.69, 9.17) is 23.2 Å². The Bertz CT molecular complexity index is 453. The number of hydrogen-bond donors (Lipinski definition) is 0. The Kier molecular flexibility index (Phi) is 4.46. The summed E-state index contributed by atoms with van der Waals surface area (Å²) in [6, 6.07) is 4.49. The Labute approximate surface area is 116 Å². The number of carbonyl (C=O) groups is 1. The molecular formula is C13H14Cl2FNO. The summed E-state index contributed by atoms with van der Waals surface area (Å²) in [5.74, 6) is -0.115. The average Bonchev–Trinajstić information content (AvgIpc) is 2.41. The normalized spacial score (nSPS) is 19.9. The molecule has 0 spiro atoms. The first-order valence-electron chi connectivity index (χ1n) is 5.92. The van der Waals surface area contributed by atoms with E-state index >= 15 is 0 Å². The van der Waals surface area contributed by atoms with E-state index in [1.54, 1.807) is 11.0 Å². The quantitative estimate of drug-likeness (QED) is 0.762. The van der Waals surface area contributed by atoms with Crippen molar-refractivity contribution >= 4 is 29.1 Å². The summed E-state index contributed by atoms with van der Waals surface area (Å²) in [4.78, 5) is 13.9. The van der Waals surface area contributed by atoms with Crippen molar-refractivity contribution in [2.24, 2.45) is 5.92 Å². The van der Waals surface area contributed by atoms with E-state index in [2.05, 4.69) is 0 Å². The number of benzene rings is 1. The lowest BCUT2D eigenvalue weighted by Crippen LogP contribution is -2.40. The highest BCUT2D eigenvalue weighted by Crippen LogP contribution is 2.23. The standard InChI is InChI=1S/C13H14Cl2FNO/c14-7-9-3-2-6-17(8-9)13(18)10-4-1-5-11(15)12(10)16/h1,4-5,9H,2-3,6-8H2. The molecule has 1 fully saturated rings. The monoisotopic (exact) mass is 289 g/mol. The summed E-state index contributed by atoms with van der Waals surface area (Å²) in [7, 11) is 0. The maximum Gasteiger partial charge on any atom is 0.256 e. The molecule has 0 aliphatic carbocycles. The van der Waals surface area contributed by atoms with Crippen molar-refractivity contribution in [2.45, 2.75) is 12.8 Å². The van der Waals surface area contributed by atoms with Crippen LogP contribution in [0.3, 0.4) is 0 Å². The molecule has 18 heavy (non-hydrogen) atoms. The largest absolute Gasteiger partial charge is 0.338 e. The number of likely N-dealkylation sites (tertiary alicyclic amines) is 1. The SMILES string of the molecule is O=C(c1cccc(Cl)c1F)N1CCCC(CCl)C1. The summed E-state index contributed by atoms with van der Waals surface area (Å²) < 4.78 is 13.8. The van der Waals surface area contributed by atoms with Crippen LogP contribution in [-0.4, -0.2) is 29.8 Å². The van der Waals surface area contributed by atoms with Crippen LogP contribution in [0.5, 0.6) is 0 Å². The first-order valence-corrected chi connectivity index (χ1v) is 6.84. The molecule has 5 heteroatoms. The van der Waals surface area contributed by atoms with Crippen molar-refractivity contribution in [1.29, 1.82) is 0 Å². The fourth-order valence-corrected chi connectivity index (χ4v) is 2.64. The zero-order valence-corrected chi connectivity index (χ0v) is 11.3. The molecule has 1 aliphatic rings. The predicted molar refractivity (Wildman–Crippen MR) is 70.8 cm³/mol. The minimum atomic E-state index is -0.642. The van der Waals surface area contributed by atoms with Gasteiger partial charge in [-0.3, -0.25) is 4.79 Å². The Morgan fingerprint density at radius 2 is 2.28 bits per heavy atom. The highest BCUT2D eigenvalue weighted by Gasteiger charge is 2.26. The van der Waals surface area contributed by atoms with Crippen LogP contribution in [0.25, 0.3) is 0 Å². The van der Waals surface area contributed by atoms with E-state index in [0.29, 0.717) is 24.9 Å². The molecule has 1 aliphatic heterocycles. The van der Waals surface area contributed by atoms with Crippen LogP contribution < -0.4 is 0 Å². The van der Waals surface area contributed by atoms with Gasteiger partial charge in [0.25, 0.3) is 5.91 Å². The van der Waals surface area contributed by atoms with E-state index in [0.717, 1.165) is 12.8 Å². The molecule has 98 valence electrons. The van der Waals surface area contributed by atoms with E-state index in [-0.39, 0.29) is 16.5 Å². The van der Waals surface area contributed by atoms with Crippen LogP contribution >= 0.6 is 23.2 Å². The maximum absolute atomic E-state index is 13.8. The number of carbonyl (C=O) groups excluding carboxylic acids is 1. The van der Waals surface area contributed by atoms with Gasteiger partial charge in [0.05, 0.1) is 10.6 Å². The van der Waals surface area contributed by atoms with E-state index in [9.17, 15) is 9.18 Å². The molecule has 2 nitrogen and oxygen atoms in total. The third-order valence-corrected chi connectivity index (χ3v) is 3.93. The van der Waals surface area contributed by atoms with Gasteiger partial charge in [0.15, 0.2) is 5.82 Å². The second-order valence-electron chi connectivity index (χ2n) is 4.52. The van der Waals surface area contributed by atoms with Crippen molar-refractivity contribution in [2.75, 3.05) is 19.0 Å². The molecule has 1 amide bonds. The van der Waals surface area contributed by atoms with E-state index in [1.165, 1.54) is 12.1 Å². The number of rotatable bonds is 2. The number of alkyl halides is 1. The Morgan fingerprint density at radius 1 is 1.50 bits per heavy atom. The molecule has 1 saturated heterocycles. The van der Waals surface area contributed by atoms with Crippen molar-refractivity contribution in [1.82, 2.24) is 4.90 Å². The Morgan fingerprint density at radius 3 is 3.00 bits per heavy atom. The summed E-state index contributed by atoms with van der Waals surface area (Å²) >= 11 is 11.5. The predicted octanol–water partition coefficient (Wildman–Crippen LogP) is 3.57. The third kappa shape index (κ3) is 2.78. The number of piperidine rings is 1. The molecule has 0 saturated carbocycles. The molecule has 2 rings (SSSR count). The average molecular weight is 290 g/mol. The molecule has 1 aromatic carbocycles. The molecule has 1 atom stereocenters. The molecule has 1 aromatic rings. The van der Waals surface area contributed by atoms with Crippen LogP contribution in [0.2, 0.25) is 5.02 Å². The van der Waals surface area contributed by atoms with Crippen LogP contribution in [0.4, 0.5) is 4.39 Å². The molecule has 0 aromatic heterocycles. The topological polar surface area (TPSA) is 20.3 Å². The highest BCUT2D eigenvalue weighted by atomic mass is 35.5. The zero-order valence-electron chi connectivity index (χ0n) is 9.83. The summed E-state index contributed by atoms with van der Waals surface area (Å²) in [6.07, 6.45) is 1.93. The van der Waals surface area contributed by atoms with Crippen molar-refractivity contribution in [3.05, 3.63) is 34.6 Å². The second-order valence-corrected chi connectivity index (χ2v) is 5.23. The summed E-state index contributed by atoms with van der Waals surface area (Å²) in [5.41, 5.74) is 0.0396. The van der Waals surface area contributed by atoms with Gasteiger partial charge >= 0.3 is 0 Å². The fourth-order valence-electron chi connectivity index (χ4n) is 2.21. The first-order chi connectivity index (χ1) is 8.63. The van der Waals surface area contributed by atoms with Gasteiger partial charge in [-0.25, -0.2) is 4.39 Å². The smallest absolute Gasteiger partial charge is 0.256 e. The number of nitrogens with zero attached hydrogens (tertiary/aromatic N) is 1. The summed E-state index contributed by atoms with van der Waals surface area (Å²) in [6.45, 7) is 1.24. The fraction of sp³-hybridized carbons (Fsp3) is 0.462. The number of amides is 1. The minimum absolute atomic E-state index is 0.0215. The van der Waals surface area contributed by atoms with Crippen LogP contribution in [0.1, 0.15) is 23.2 Å². The van der Waals surface area contributed by atoms with E-state index < -0.39 is 5.82 Å². The minimum Gasteiger partial charge on any atom is -0.338 e. The first kappa shape index (κ1) is 13.6. The van der Waals surface area contributed by atoms with Crippen LogP contribution in [0.15, 0.2) is 18.2 Å². The number of halogens is 3. The molecule has 0 bridgehead atoms. The van der Waals surface area contributed by atoms with Crippen LogP contribution in [0, 0.1) is 11.7 Å². The van der Waals surface area contributed by atoms with Gasteiger partial charge in [0, 0.05) is 19.0 Å². The number of hydrogen-bond acceptors (Lipinski definition) is 1. The van der Waals surface area contributed by atoms with Gasteiger partial charge in [0.2, 0.25) is 0 Å². The maximum atomic E-state index is 13.8. The molecular weight excluding hydrogens is 276 g/mol. The van der Waals surface area contributed by atoms with Gasteiger partial charge < -0.3 is 4.90 Å². The Hall–Kier alpha value is -0.800. The molecule has 1 unspecified atom stereocenters. The third-order valence-electron chi connectivity index (χ3n) is 3.21. The molecule has 0 N–H and O–H groups in total.